The maximum absolute atomic E-state index is 14.9. The number of phenolic OH excluding ortho intramolecular Hbond substituents is 1. The molecule has 1 unspecified atom stereocenters. The second-order valence-corrected chi connectivity index (χ2v) is 7.77. The average Bonchev–Trinajstić information content (AvgIpc) is 3.34. The molecule has 0 fully saturated rings. The lowest BCUT2D eigenvalue weighted by Gasteiger charge is -2.37. The van der Waals surface area contributed by atoms with E-state index in [-0.39, 0.29) is 34.4 Å². The van der Waals surface area contributed by atoms with E-state index in [9.17, 15) is 14.3 Å². The van der Waals surface area contributed by atoms with Crippen LogP contribution in [0.4, 0.5) is 10.3 Å². The monoisotopic (exact) mass is 455 g/mol. The van der Waals surface area contributed by atoms with E-state index in [0.29, 0.717) is 11.1 Å². The van der Waals surface area contributed by atoms with Crippen LogP contribution in [0.25, 0.3) is 10.9 Å². The molecule has 1 aliphatic rings. The third-order valence-electron chi connectivity index (χ3n) is 5.82. The van der Waals surface area contributed by atoms with Crippen LogP contribution in [0.2, 0.25) is 0 Å². The number of nitrogens with one attached hydrogen (secondary N) is 1. The molecule has 174 valence electrons. The molecule has 33 heavy (non-hydrogen) atoms. The number of benzene rings is 2. The number of halogens is 1. The molecule has 2 heterocycles. The molecule has 10 heteroatoms. The van der Waals surface area contributed by atoms with Gasteiger partial charge in [0.05, 0.1) is 19.7 Å². The molecule has 0 radical (unpaired) electrons. The number of anilines is 1. The highest BCUT2D eigenvalue weighted by Crippen LogP contribution is 2.41. The third kappa shape index (κ3) is 3.92. The molecule has 0 saturated heterocycles. The van der Waals surface area contributed by atoms with Gasteiger partial charge in [-0.15, -0.1) is 0 Å². The smallest absolute Gasteiger partial charge is 0.286 e. The Morgan fingerprint density at radius 1 is 1.18 bits per heavy atom. The Morgan fingerprint density at radius 2 is 1.94 bits per heavy atom. The Kier molecular flexibility index (Phi) is 6.08. The number of aliphatic imine (C=N–C) groups is 1. The van der Waals surface area contributed by atoms with E-state index >= 15 is 0 Å². The SMILES string of the molecule is COc1cc2[nH]c(N(C)C(c3ccccc3F)N(C)C3=NCCC3)nc(=O)c2c(O)c1OC. The molecule has 1 aromatic heterocycles. The topological polar surface area (TPSA) is 103 Å². The lowest BCUT2D eigenvalue weighted by Crippen LogP contribution is -2.42. The zero-order chi connectivity index (χ0) is 23.7. The van der Waals surface area contributed by atoms with Crippen molar-refractivity contribution in [3.05, 3.63) is 52.1 Å². The summed E-state index contributed by atoms with van der Waals surface area (Å²) in [5.74, 6) is 0.590. The molecule has 1 aliphatic heterocycles. The van der Waals surface area contributed by atoms with E-state index in [4.69, 9.17) is 9.47 Å². The minimum atomic E-state index is -0.655. The van der Waals surface area contributed by atoms with Gasteiger partial charge in [-0.25, -0.2) is 4.39 Å². The lowest BCUT2D eigenvalue weighted by atomic mass is 10.1. The summed E-state index contributed by atoms with van der Waals surface area (Å²) in [6.07, 6.45) is 1.08. The number of methoxy groups -OCH3 is 2. The van der Waals surface area contributed by atoms with Gasteiger partial charge in [-0.05, 0) is 12.5 Å². The molecule has 0 bridgehead atoms. The largest absolute Gasteiger partial charge is 0.504 e. The first-order valence-electron chi connectivity index (χ1n) is 10.5. The lowest BCUT2D eigenvalue weighted by molar-refractivity contribution is 0.335. The normalized spacial score (nSPS) is 14.2. The molecular formula is C23H26FN5O4. The molecule has 0 spiro atoms. The summed E-state index contributed by atoms with van der Waals surface area (Å²) < 4.78 is 25.3. The number of aromatic hydroxyl groups is 1. The summed E-state index contributed by atoms with van der Waals surface area (Å²) >= 11 is 0. The van der Waals surface area contributed by atoms with Gasteiger partial charge in [0, 0.05) is 38.7 Å². The quantitative estimate of drug-likeness (QED) is 0.551. The predicted octanol–water partition coefficient (Wildman–Crippen LogP) is 3.04. The summed E-state index contributed by atoms with van der Waals surface area (Å²) in [5.41, 5.74) is 0.0624. The first-order valence-corrected chi connectivity index (χ1v) is 10.5. The summed E-state index contributed by atoms with van der Waals surface area (Å²) in [7, 11) is 6.36. The van der Waals surface area contributed by atoms with Crippen LogP contribution in [0.3, 0.4) is 0 Å². The fourth-order valence-electron chi connectivity index (χ4n) is 4.19. The van der Waals surface area contributed by atoms with E-state index in [0.717, 1.165) is 25.2 Å². The standard InChI is InChI=1S/C23H26FN5O4/c1-28(17-10-7-11-25-17)22(13-8-5-6-9-14(13)24)29(2)23-26-15-12-16(32-3)20(33-4)19(30)18(15)21(31)27-23/h5-6,8-9,12,22,30H,7,10-11H2,1-4H3,(H,26,27,31). The number of hydrogen-bond acceptors (Lipinski definition) is 8. The zero-order valence-corrected chi connectivity index (χ0v) is 18.9. The zero-order valence-electron chi connectivity index (χ0n) is 18.9. The van der Waals surface area contributed by atoms with E-state index in [1.165, 1.54) is 20.3 Å². The molecule has 3 aromatic rings. The van der Waals surface area contributed by atoms with Crippen molar-refractivity contribution in [1.29, 1.82) is 0 Å². The molecular weight excluding hydrogens is 429 g/mol. The molecule has 9 nitrogen and oxygen atoms in total. The number of phenols is 1. The van der Waals surface area contributed by atoms with Crippen molar-refractivity contribution in [3.63, 3.8) is 0 Å². The van der Waals surface area contributed by atoms with Crippen molar-refractivity contribution in [2.45, 2.75) is 19.0 Å². The van der Waals surface area contributed by atoms with E-state index in [1.54, 1.807) is 36.2 Å². The van der Waals surface area contributed by atoms with Crippen molar-refractivity contribution >= 4 is 22.7 Å². The van der Waals surface area contributed by atoms with Crippen molar-refractivity contribution in [3.8, 4) is 17.2 Å². The number of rotatable bonds is 6. The number of fused-ring (bicyclic) bond motifs is 1. The highest BCUT2D eigenvalue weighted by atomic mass is 19.1. The molecule has 0 amide bonds. The molecule has 1 atom stereocenters. The number of amidine groups is 1. The minimum Gasteiger partial charge on any atom is -0.504 e. The molecule has 0 aliphatic carbocycles. The summed E-state index contributed by atoms with van der Waals surface area (Å²) in [4.78, 5) is 28.3. The van der Waals surface area contributed by atoms with Gasteiger partial charge in [0.1, 0.15) is 23.2 Å². The highest BCUT2D eigenvalue weighted by Gasteiger charge is 2.30. The number of ether oxygens (including phenoxy) is 2. The Bertz CT molecular complexity index is 1280. The van der Waals surface area contributed by atoms with Crippen LogP contribution < -0.4 is 19.9 Å². The van der Waals surface area contributed by atoms with E-state index < -0.39 is 11.7 Å². The van der Waals surface area contributed by atoms with E-state index in [2.05, 4.69) is 15.0 Å². The highest BCUT2D eigenvalue weighted by molar-refractivity contribution is 5.90. The van der Waals surface area contributed by atoms with Crippen LogP contribution in [0, 0.1) is 5.82 Å². The second-order valence-electron chi connectivity index (χ2n) is 7.77. The van der Waals surface area contributed by atoms with Crippen molar-refractivity contribution in [2.75, 3.05) is 39.8 Å². The minimum absolute atomic E-state index is 0.0271. The van der Waals surface area contributed by atoms with Crippen LogP contribution >= 0.6 is 0 Å². The van der Waals surface area contributed by atoms with Crippen LogP contribution in [-0.2, 0) is 0 Å². The van der Waals surface area contributed by atoms with Gasteiger partial charge in [0.25, 0.3) is 5.56 Å². The molecule has 2 N–H and O–H groups in total. The second kappa shape index (κ2) is 8.97. The van der Waals surface area contributed by atoms with Gasteiger partial charge >= 0.3 is 0 Å². The number of hydrogen-bond donors (Lipinski definition) is 2. The van der Waals surface area contributed by atoms with Gasteiger partial charge in [0.15, 0.2) is 11.5 Å². The van der Waals surface area contributed by atoms with Gasteiger partial charge in [-0.2, -0.15) is 4.98 Å². The summed E-state index contributed by atoms with van der Waals surface area (Å²) in [6, 6.07) is 8.03. The van der Waals surface area contributed by atoms with Crippen molar-refractivity contribution < 1.29 is 19.0 Å². The number of aromatic nitrogens is 2. The van der Waals surface area contributed by atoms with E-state index in [1.807, 2.05) is 11.9 Å². The van der Waals surface area contributed by atoms with Gasteiger partial charge in [0.2, 0.25) is 11.7 Å². The average molecular weight is 455 g/mol. The molecule has 4 rings (SSSR count). The Balaban J connectivity index is 1.87. The fraction of sp³-hybridized carbons (Fsp3) is 0.348. The summed E-state index contributed by atoms with van der Waals surface area (Å²) in [5, 5.41) is 10.5. The molecule has 2 aromatic carbocycles. The Morgan fingerprint density at radius 3 is 2.58 bits per heavy atom. The van der Waals surface area contributed by atoms with Crippen LogP contribution in [-0.4, -0.2) is 60.7 Å². The van der Waals surface area contributed by atoms with Crippen molar-refractivity contribution in [2.24, 2.45) is 4.99 Å². The van der Waals surface area contributed by atoms with Gasteiger partial charge < -0.3 is 29.4 Å². The maximum atomic E-state index is 14.9. The van der Waals surface area contributed by atoms with Crippen LogP contribution in [0.1, 0.15) is 24.6 Å². The third-order valence-corrected chi connectivity index (χ3v) is 5.82. The Hall–Kier alpha value is -3.82. The van der Waals surface area contributed by atoms with Crippen LogP contribution in [0.15, 0.2) is 40.1 Å². The fourth-order valence-corrected chi connectivity index (χ4v) is 4.19. The predicted molar refractivity (Wildman–Crippen MR) is 124 cm³/mol. The Labute approximate surface area is 190 Å². The first-order chi connectivity index (χ1) is 15.9. The van der Waals surface area contributed by atoms with Crippen molar-refractivity contribution in [1.82, 2.24) is 14.9 Å². The van der Waals surface area contributed by atoms with Gasteiger partial charge in [-0.1, -0.05) is 18.2 Å². The van der Waals surface area contributed by atoms with Crippen LogP contribution in [0.5, 0.6) is 17.2 Å². The number of aromatic amines is 1. The van der Waals surface area contributed by atoms with Gasteiger partial charge in [-0.3, -0.25) is 9.79 Å². The number of H-pyrrole nitrogens is 1. The molecule has 0 saturated carbocycles. The number of nitrogens with zero attached hydrogens (tertiary/aromatic N) is 4. The first kappa shape index (κ1) is 22.4. The summed E-state index contributed by atoms with van der Waals surface area (Å²) in [6.45, 7) is 0.722. The maximum Gasteiger partial charge on any atom is 0.286 e.